The number of rotatable bonds is 4. The number of aryl methyl sites for hydroxylation is 1. The minimum absolute atomic E-state index is 0.0182. The van der Waals surface area contributed by atoms with Crippen LogP contribution in [0, 0.1) is 12.8 Å². The molecule has 1 aliphatic rings. The third-order valence-corrected chi connectivity index (χ3v) is 5.37. The molecule has 0 saturated carbocycles. The molecule has 7 heteroatoms. The van der Waals surface area contributed by atoms with E-state index in [0.717, 1.165) is 17.8 Å². The summed E-state index contributed by atoms with van der Waals surface area (Å²) in [6, 6.07) is 0. The fraction of sp³-hybridized carbons (Fsp3) is 0.667. The summed E-state index contributed by atoms with van der Waals surface area (Å²) < 4.78 is 24.5. The highest BCUT2D eigenvalue weighted by Crippen LogP contribution is 2.23. The number of ketones is 1. The number of hydrogen-bond donors (Lipinski definition) is 0. The van der Waals surface area contributed by atoms with Crippen molar-refractivity contribution in [2.75, 3.05) is 19.3 Å². The number of carbonyl (C=O) groups is 1. The molecule has 106 valence electrons. The Morgan fingerprint density at radius 2 is 2.32 bits per heavy atom. The Bertz CT molecular complexity index is 565. The van der Waals surface area contributed by atoms with Crippen molar-refractivity contribution in [3.05, 3.63) is 16.1 Å². The van der Waals surface area contributed by atoms with Gasteiger partial charge in [-0.05, 0) is 25.7 Å². The normalized spacial score (nSPS) is 21.5. The van der Waals surface area contributed by atoms with Crippen LogP contribution in [0.5, 0.6) is 0 Å². The molecule has 1 aliphatic heterocycles. The van der Waals surface area contributed by atoms with Crippen molar-refractivity contribution >= 4 is 27.1 Å². The highest BCUT2D eigenvalue weighted by atomic mass is 32.2. The molecule has 0 bridgehead atoms. The van der Waals surface area contributed by atoms with E-state index in [9.17, 15) is 13.2 Å². The quantitative estimate of drug-likeness (QED) is 0.794. The van der Waals surface area contributed by atoms with Gasteiger partial charge in [-0.1, -0.05) is 0 Å². The van der Waals surface area contributed by atoms with E-state index >= 15 is 0 Å². The zero-order chi connectivity index (χ0) is 14.0. The van der Waals surface area contributed by atoms with Gasteiger partial charge < -0.3 is 0 Å². The van der Waals surface area contributed by atoms with E-state index in [1.54, 1.807) is 5.38 Å². The molecule has 1 aromatic heterocycles. The first-order chi connectivity index (χ1) is 8.86. The standard InChI is InChI=1S/C12H18N2O3S2/c1-9-13-11(8-18-9)12(15)6-10-4-3-5-14(7-10)19(2,16)17/h8,10H,3-7H2,1-2H3. The average molecular weight is 302 g/mol. The maximum atomic E-state index is 12.1. The maximum absolute atomic E-state index is 12.1. The highest BCUT2D eigenvalue weighted by Gasteiger charge is 2.27. The minimum Gasteiger partial charge on any atom is -0.292 e. The predicted molar refractivity (Wildman–Crippen MR) is 74.9 cm³/mol. The summed E-state index contributed by atoms with van der Waals surface area (Å²) in [7, 11) is -3.15. The Balaban J connectivity index is 1.98. The van der Waals surface area contributed by atoms with Gasteiger partial charge in [-0.3, -0.25) is 4.79 Å². The van der Waals surface area contributed by atoms with Gasteiger partial charge >= 0.3 is 0 Å². The van der Waals surface area contributed by atoms with Crippen LogP contribution in [0.25, 0.3) is 0 Å². The molecule has 5 nitrogen and oxygen atoms in total. The lowest BCUT2D eigenvalue weighted by Crippen LogP contribution is -2.39. The van der Waals surface area contributed by atoms with Crippen LogP contribution in [0.2, 0.25) is 0 Å². The van der Waals surface area contributed by atoms with Gasteiger partial charge in [0.25, 0.3) is 0 Å². The molecule has 0 N–H and O–H groups in total. The Labute approximate surface area is 117 Å². The zero-order valence-corrected chi connectivity index (χ0v) is 12.8. The second-order valence-corrected chi connectivity index (χ2v) is 8.05. The molecule has 2 heterocycles. The number of piperidine rings is 1. The molecular formula is C12H18N2O3S2. The van der Waals surface area contributed by atoms with E-state index in [2.05, 4.69) is 4.98 Å². The molecule has 1 atom stereocenters. The van der Waals surface area contributed by atoms with E-state index in [1.807, 2.05) is 6.92 Å². The summed E-state index contributed by atoms with van der Waals surface area (Å²) in [5.41, 5.74) is 0.513. The maximum Gasteiger partial charge on any atom is 0.211 e. The highest BCUT2D eigenvalue weighted by molar-refractivity contribution is 7.88. The predicted octanol–water partition coefficient (Wildman–Crippen LogP) is 1.70. The second kappa shape index (κ2) is 5.68. The number of hydrogen-bond acceptors (Lipinski definition) is 5. The number of thiazole rings is 1. The van der Waals surface area contributed by atoms with Gasteiger partial charge in [-0.2, -0.15) is 0 Å². The Morgan fingerprint density at radius 1 is 1.58 bits per heavy atom. The van der Waals surface area contributed by atoms with Crippen LogP contribution in [-0.4, -0.2) is 42.8 Å². The van der Waals surface area contributed by atoms with Crippen molar-refractivity contribution < 1.29 is 13.2 Å². The third-order valence-electron chi connectivity index (χ3n) is 3.33. The van der Waals surface area contributed by atoms with Gasteiger partial charge in [0, 0.05) is 24.9 Å². The summed E-state index contributed by atoms with van der Waals surface area (Å²) in [5.74, 6) is 0.127. The second-order valence-electron chi connectivity index (χ2n) is 5.01. The van der Waals surface area contributed by atoms with Crippen molar-refractivity contribution in [1.29, 1.82) is 0 Å². The van der Waals surface area contributed by atoms with Crippen molar-refractivity contribution in [3.63, 3.8) is 0 Å². The third kappa shape index (κ3) is 3.84. The van der Waals surface area contributed by atoms with E-state index in [-0.39, 0.29) is 11.7 Å². The molecule has 0 aromatic carbocycles. The lowest BCUT2D eigenvalue weighted by Gasteiger charge is -2.30. The van der Waals surface area contributed by atoms with Crippen LogP contribution in [-0.2, 0) is 10.0 Å². The van der Waals surface area contributed by atoms with E-state index in [0.29, 0.717) is 25.2 Å². The first kappa shape index (κ1) is 14.6. The molecule has 19 heavy (non-hydrogen) atoms. The monoisotopic (exact) mass is 302 g/mol. The fourth-order valence-electron chi connectivity index (χ4n) is 2.35. The van der Waals surface area contributed by atoms with Crippen LogP contribution >= 0.6 is 11.3 Å². The first-order valence-electron chi connectivity index (χ1n) is 6.26. The Hall–Kier alpha value is -0.790. The lowest BCUT2D eigenvalue weighted by molar-refractivity contribution is 0.0938. The van der Waals surface area contributed by atoms with Crippen LogP contribution in [0.3, 0.4) is 0 Å². The average Bonchev–Trinajstić information content (AvgIpc) is 2.75. The fourth-order valence-corrected chi connectivity index (χ4v) is 3.91. The molecule has 1 aromatic rings. The largest absolute Gasteiger partial charge is 0.292 e. The number of aromatic nitrogens is 1. The Morgan fingerprint density at radius 3 is 2.89 bits per heavy atom. The van der Waals surface area contributed by atoms with E-state index in [4.69, 9.17) is 0 Å². The number of nitrogens with zero attached hydrogens (tertiary/aromatic N) is 2. The summed E-state index contributed by atoms with van der Waals surface area (Å²) in [6.07, 6.45) is 3.33. The van der Waals surface area contributed by atoms with Crippen LogP contribution in [0.1, 0.15) is 34.8 Å². The topological polar surface area (TPSA) is 67.3 Å². The summed E-state index contributed by atoms with van der Waals surface area (Å²) in [4.78, 5) is 16.2. The van der Waals surface area contributed by atoms with Crippen molar-refractivity contribution in [1.82, 2.24) is 9.29 Å². The molecule has 0 spiro atoms. The molecule has 1 fully saturated rings. The SMILES string of the molecule is Cc1nc(C(=O)CC2CCCN(S(C)(=O)=O)C2)cs1. The number of sulfonamides is 1. The first-order valence-corrected chi connectivity index (χ1v) is 8.99. The molecule has 0 aliphatic carbocycles. The lowest BCUT2D eigenvalue weighted by atomic mass is 9.93. The molecular weight excluding hydrogens is 284 g/mol. The van der Waals surface area contributed by atoms with Gasteiger partial charge in [0.2, 0.25) is 10.0 Å². The molecule has 1 saturated heterocycles. The van der Waals surface area contributed by atoms with Gasteiger partial charge in [0.05, 0.1) is 11.3 Å². The molecule has 1 unspecified atom stereocenters. The van der Waals surface area contributed by atoms with Gasteiger partial charge in [-0.15, -0.1) is 11.3 Å². The minimum atomic E-state index is -3.15. The van der Waals surface area contributed by atoms with Crippen LogP contribution in [0.4, 0.5) is 0 Å². The van der Waals surface area contributed by atoms with Crippen LogP contribution in [0.15, 0.2) is 5.38 Å². The molecule has 2 rings (SSSR count). The number of Topliss-reactive ketones (excluding diaryl/α,β-unsaturated/α-hetero) is 1. The van der Waals surface area contributed by atoms with Crippen molar-refractivity contribution in [3.8, 4) is 0 Å². The smallest absolute Gasteiger partial charge is 0.211 e. The molecule has 0 amide bonds. The number of carbonyl (C=O) groups excluding carboxylic acids is 1. The zero-order valence-electron chi connectivity index (χ0n) is 11.1. The van der Waals surface area contributed by atoms with E-state index < -0.39 is 10.0 Å². The molecule has 0 radical (unpaired) electrons. The van der Waals surface area contributed by atoms with Crippen molar-refractivity contribution in [2.24, 2.45) is 5.92 Å². The Kier molecular flexibility index (Phi) is 4.37. The van der Waals surface area contributed by atoms with Crippen LogP contribution < -0.4 is 0 Å². The van der Waals surface area contributed by atoms with Crippen molar-refractivity contribution in [2.45, 2.75) is 26.2 Å². The van der Waals surface area contributed by atoms with Gasteiger partial charge in [0.1, 0.15) is 5.69 Å². The van der Waals surface area contributed by atoms with Gasteiger partial charge in [0.15, 0.2) is 5.78 Å². The summed E-state index contributed by atoms with van der Waals surface area (Å²) >= 11 is 1.46. The summed E-state index contributed by atoms with van der Waals surface area (Å²) in [6.45, 7) is 2.89. The van der Waals surface area contributed by atoms with Gasteiger partial charge in [-0.25, -0.2) is 17.7 Å². The summed E-state index contributed by atoms with van der Waals surface area (Å²) in [5, 5.41) is 2.65. The van der Waals surface area contributed by atoms with E-state index in [1.165, 1.54) is 21.9 Å².